The predicted octanol–water partition coefficient (Wildman–Crippen LogP) is 4.96. The average Bonchev–Trinajstić information content (AvgIpc) is 3.29. The molecule has 2 aromatic carbocycles. The van der Waals surface area contributed by atoms with Gasteiger partial charge < -0.3 is 19.5 Å². The highest BCUT2D eigenvalue weighted by molar-refractivity contribution is 6.30. The van der Waals surface area contributed by atoms with Crippen molar-refractivity contribution in [1.29, 1.82) is 0 Å². The number of benzene rings is 2. The number of methoxy groups -OCH3 is 3. The van der Waals surface area contributed by atoms with Crippen LogP contribution in [0.4, 0.5) is 11.6 Å². The van der Waals surface area contributed by atoms with Crippen LogP contribution in [0.2, 0.25) is 5.02 Å². The molecule has 4 aromatic rings. The van der Waals surface area contributed by atoms with Crippen LogP contribution in [0, 0.1) is 0 Å². The fourth-order valence-corrected chi connectivity index (χ4v) is 3.29. The second-order valence-electron chi connectivity index (χ2n) is 6.47. The summed E-state index contributed by atoms with van der Waals surface area (Å²) in [5.74, 6) is 1.98. The molecule has 0 amide bonds. The Balaban J connectivity index is 1.67. The van der Waals surface area contributed by atoms with E-state index in [0.29, 0.717) is 39.6 Å². The summed E-state index contributed by atoms with van der Waals surface area (Å²) in [5.41, 5.74) is 4.04. The lowest BCUT2D eigenvalue weighted by molar-refractivity contribution is 0.324. The van der Waals surface area contributed by atoms with E-state index in [1.54, 1.807) is 45.9 Å². The van der Waals surface area contributed by atoms with Gasteiger partial charge >= 0.3 is 0 Å². The zero-order valence-electron chi connectivity index (χ0n) is 17.1. The number of nitrogens with one attached hydrogen (secondary N) is 2. The third-order valence-corrected chi connectivity index (χ3v) is 4.88. The second-order valence-corrected chi connectivity index (χ2v) is 6.91. The molecule has 0 aliphatic rings. The maximum absolute atomic E-state index is 6.01. The largest absolute Gasteiger partial charge is 0.493 e. The first-order valence-corrected chi connectivity index (χ1v) is 9.70. The van der Waals surface area contributed by atoms with Crippen LogP contribution in [0.3, 0.4) is 0 Å². The van der Waals surface area contributed by atoms with Crippen molar-refractivity contribution in [2.45, 2.75) is 0 Å². The van der Waals surface area contributed by atoms with Crippen molar-refractivity contribution in [3.8, 4) is 39.8 Å². The lowest BCUT2D eigenvalue weighted by Crippen LogP contribution is -2.01. The van der Waals surface area contributed by atoms with Crippen molar-refractivity contribution < 1.29 is 14.2 Å². The van der Waals surface area contributed by atoms with Crippen molar-refractivity contribution in [2.24, 2.45) is 0 Å². The van der Waals surface area contributed by atoms with E-state index in [1.807, 2.05) is 30.3 Å². The van der Waals surface area contributed by atoms with Crippen molar-refractivity contribution >= 4 is 23.2 Å². The Kier molecular flexibility index (Phi) is 5.90. The van der Waals surface area contributed by atoms with Crippen molar-refractivity contribution in [3.63, 3.8) is 0 Å². The van der Waals surface area contributed by atoms with E-state index < -0.39 is 0 Å². The summed E-state index contributed by atoms with van der Waals surface area (Å²) in [6.07, 6.45) is 3.41. The maximum atomic E-state index is 6.01. The van der Waals surface area contributed by atoms with Gasteiger partial charge in [0.05, 0.1) is 38.9 Å². The van der Waals surface area contributed by atoms with Crippen molar-refractivity contribution in [3.05, 3.63) is 59.9 Å². The molecule has 31 heavy (non-hydrogen) atoms. The Hall–Kier alpha value is -3.78. The molecule has 8 nitrogen and oxygen atoms in total. The molecule has 9 heteroatoms. The first kappa shape index (κ1) is 20.5. The Bertz CT molecular complexity index is 1170. The third-order valence-electron chi connectivity index (χ3n) is 4.62. The fraction of sp³-hybridized carbons (Fsp3) is 0.136. The zero-order valence-corrected chi connectivity index (χ0v) is 17.9. The molecule has 0 radical (unpaired) electrons. The van der Waals surface area contributed by atoms with Crippen LogP contribution in [0.1, 0.15) is 0 Å². The summed E-state index contributed by atoms with van der Waals surface area (Å²) in [4.78, 5) is 8.98. The minimum Gasteiger partial charge on any atom is -0.493 e. The fourth-order valence-electron chi connectivity index (χ4n) is 3.17. The molecule has 2 aromatic heterocycles. The quantitative estimate of drug-likeness (QED) is 0.422. The van der Waals surface area contributed by atoms with E-state index >= 15 is 0 Å². The first-order chi connectivity index (χ1) is 15.1. The van der Waals surface area contributed by atoms with Crippen LogP contribution >= 0.6 is 11.6 Å². The number of rotatable bonds is 7. The van der Waals surface area contributed by atoms with Gasteiger partial charge in [-0.25, -0.2) is 9.97 Å². The van der Waals surface area contributed by atoms with E-state index in [2.05, 4.69) is 25.5 Å². The number of ether oxygens (including phenoxy) is 3. The lowest BCUT2D eigenvalue weighted by atomic mass is 10.1. The Labute approximate surface area is 184 Å². The molecule has 0 bridgehead atoms. The molecule has 0 aliphatic carbocycles. The molecule has 0 saturated heterocycles. The van der Waals surface area contributed by atoms with E-state index in [9.17, 15) is 0 Å². The van der Waals surface area contributed by atoms with E-state index in [1.165, 1.54) is 0 Å². The molecule has 2 heterocycles. The van der Waals surface area contributed by atoms with Crippen LogP contribution < -0.4 is 19.5 Å². The van der Waals surface area contributed by atoms with Gasteiger partial charge in [0.1, 0.15) is 0 Å². The van der Waals surface area contributed by atoms with Crippen LogP contribution in [0.25, 0.3) is 22.5 Å². The third kappa shape index (κ3) is 4.24. The van der Waals surface area contributed by atoms with Gasteiger partial charge in [-0.1, -0.05) is 23.7 Å². The van der Waals surface area contributed by atoms with Crippen molar-refractivity contribution in [2.75, 3.05) is 26.6 Å². The van der Waals surface area contributed by atoms with Crippen LogP contribution in [-0.2, 0) is 0 Å². The minimum absolute atomic E-state index is 0.412. The molecule has 0 unspecified atom stereocenters. The van der Waals surface area contributed by atoms with E-state index in [4.69, 9.17) is 25.8 Å². The number of aromatic nitrogens is 4. The summed E-state index contributed by atoms with van der Waals surface area (Å²) in [5, 5.41) is 11.1. The number of halogens is 1. The number of hydrogen-bond acceptors (Lipinski definition) is 7. The molecule has 2 N–H and O–H groups in total. The molecule has 0 fully saturated rings. The molecule has 0 spiro atoms. The molecule has 0 aliphatic heterocycles. The maximum Gasteiger partial charge on any atom is 0.227 e. The lowest BCUT2D eigenvalue weighted by Gasteiger charge is -2.14. The SMILES string of the molecule is COc1cc(Nc2nccc(-c3cn[nH]c3-c3ccc(Cl)cc3)n2)cc(OC)c1OC. The summed E-state index contributed by atoms with van der Waals surface area (Å²) >= 11 is 6.01. The predicted molar refractivity (Wildman–Crippen MR) is 119 cm³/mol. The monoisotopic (exact) mass is 437 g/mol. The summed E-state index contributed by atoms with van der Waals surface area (Å²) in [6.45, 7) is 0. The number of hydrogen-bond donors (Lipinski definition) is 2. The Morgan fingerprint density at radius 3 is 2.29 bits per heavy atom. The number of aromatic amines is 1. The van der Waals surface area contributed by atoms with Gasteiger partial charge in [0, 0.05) is 40.2 Å². The Morgan fingerprint density at radius 1 is 0.935 bits per heavy atom. The highest BCUT2D eigenvalue weighted by Crippen LogP contribution is 2.40. The van der Waals surface area contributed by atoms with Crippen LogP contribution in [0.15, 0.2) is 54.9 Å². The van der Waals surface area contributed by atoms with Crippen LogP contribution in [0.5, 0.6) is 17.2 Å². The Morgan fingerprint density at radius 2 is 1.65 bits per heavy atom. The molecular weight excluding hydrogens is 418 g/mol. The van der Waals surface area contributed by atoms with Gasteiger partial charge in [0.2, 0.25) is 11.7 Å². The van der Waals surface area contributed by atoms with Crippen LogP contribution in [-0.4, -0.2) is 41.5 Å². The van der Waals surface area contributed by atoms with E-state index in [-0.39, 0.29) is 0 Å². The summed E-state index contributed by atoms with van der Waals surface area (Å²) in [6, 6.07) is 12.9. The highest BCUT2D eigenvalue weighted by Gasteiger charge is 2.15. The van der Waals surface area contributed by atoms with Gasteiger partial charge in [0.25, 0.3) is 0 Å². The summed E-state index contributed by atoms with van der Waals surface area (Å²) < 4.78 is 16.2. The normalized spacial score (nSPS) is 10.6. The molecule has 0 atom stereocenters. The molecule has 4 rings (SSSR count). The zero-order chi connectivity index (χ0) is 21.8. The number of nitrogens with zero attached hydrogens (tertiary/aromatic N) is 3. The topological polar surface area (TPSA) is 94.2 Å². The highest BCUT2D eigenvalue weighted by atomic mass is 35.5. The number of H-pyrrole nitrogens is 1. The summed E-state index contributed by atoms with van der Waals surface area (Å²) in [7, 11) is 4.69. The smallest absolute Gasteiger partial charge is 0.227 e. The second kappa shape index (κ2) is 8.93. The van der Waals surface area contributed by atoms with Gasteiger partial charge in [-0.3, -0.25) is 5.10 Å². The van der Waals surface area contributed by atoms with Gasteiger partial charge in [0.15, 0.2) is 11.5 Å². The molecule has 158 valence electrons. The number of anilines is 2. The van der Waals surface area contributed by atoms with E-state index in [0.717, 1.165) is 16.8 Å². The first-order valence-electron chi connectivity index (χ1n) is 9.32. The van der Waals surface area contributed by atoms with Gasteiger partial charge in [-0.05, 0) is 18.2 Å². The molecule has 0 saturated carbocycles. The average molecular weight is 438 g/mol. The van der Waals surface area contributed by atoms with Gasteiger partial charge in [-0.2, -0.15) is 5.10 Å². The minimum atomic E-state index is 0.412. The van der Waals surface area contributed by atoms with Gasteiger partial charge in [-0.15, -0.1) is 0 Å². The standard InChI is InChI=1S/C22H20ClN5O3/c1-29-18-10-15(11-19(30-2)21(18)31-3)26-22-24-9-8-17(27-22)16-12-25-28-20(16)13-4-6-14(23)7-5-13/h4-12H,1-3H3,(H,25,28)(H,24,26,27). The molecular formula is C22H20ClN5O3. The van der Waals surface area contributed by atoms with Crippen molar-refractivity contribution in [1.82, 2.24) is 20.2 Å².